The predicted molar refractivity (Wildman–Crippen MR) is 66.9 cm³/mol. The maximum absolute atomic E-state index is 11.5. The number of amides is 1. The van der Waals surface area contributed by atoms with Crippen LogP contribution in [0, 0.1) is 0 Å². The first kappa shape index (κ1) is 13.5. The van der Waals surface area contributed by atoms with E-state index in [1.807, 2.05) is 0 Å². The van der Waals surface area contributed by atoms with E-state index in [1.165, 1.54) is 16.2 Å². The zero-order chi connectivity index (χ0) is 12.8. The lowest BCUT2D eigenvalue weighted by atomic mass is 10.3. The Kier molecular flexibility index (Phi) is 4.96. The summed E-state index contributed by atoms with van der Waals surface area (Å²) in [5.41, 5.74) is 6.02. The van der Waals surface area contributed by atoms with E-state index in [1.54, 1.807) is 25.5 Å². The lowest BCUT2D eigenvalue weighted by molar-refractivity contribution is -0.128. The number of nitrogens with two attached hydrogens (primary N) is 1. The predicted octanol–water partition coefficient (Wildman–Crippen LogP) is 1.36. The lowest BCUT2D eigenvalue weighted by Crippen LogP contribution is -2.21. The summed E-state index contributed by atoms with van der Waals surface area (Å²) >= 11 is 1.25. The fourth-order valence-corrected chi connectivity index (χ4v) is 1.87. The molecule has 1 rings (SSSR count). The Morgan fingerprint density at radius 2 is 2.18 bits per heavy atom. The van der Waals surface area contributed by atoms with Gasteiger partial charge in [-0.2, -0.15) is 0 Å². The summed E-state index contributed by atoms with van der Waals surface area (Å²) in [6.45, 7) is 0.232. The molecule has 0 spiro atoms. The van der Waals surface area contributed by atoms with Crippen LogP contribution in [0.5, 0.6) is 0 Å². The third kappa shape index (κ3) is 4.07. The van der Waals surface area contributed by atoms with Crippen molar-refractivity contribution in [3.63, 3.8) is 0 Å². The standard InChI is InChI=1S/C11H16N2O3S/c1-13(2)9(14)4-3-6-16-11(15)10-8(12)5-7-17-10/h5,7H,3-4,6,12H2,1-2H3. The molecule has 17 heavy (non-hydrogen) atoms. The minimum Gasteiger partial charge on any atom is -0.461 e. The molecule has 0 aliphatic carbocycles. The number of carbonyl (C=O) groups is 2. The van der Waals surface area contributed by atoms with Gasteiger partial charge in [-0.3, -0.25) is 4.79 Å². The molecule has 0 radical (unpaired) electrons. The Morgan fingerprint density at radius 3 is 2.71 bits per heavy atom. The number of nitrogens with zero attached hydrogens (tertiary/aromatic N) is 1. The molecule has 1 aromatic heterocycles. The topological polar surface area (TPSA) is 72.6 Å². The molecule has 1 amide bonds. The smallest absolute Gasteiger partial charge is 0.350 e. The molecular weight excluding hydrogens is 240 g/mol. The van der Waals surface area contributed by atoms with Gasteiger partial charge in [-0.05, 0) is 17.9 Å². The highest BCUT2D eigenvalue weighted by Crippen LogP contribution is 2.19. The number of anilines is 1. The van der Waals surface area contributed by atoms with Crippen LogP contribution in [-0.4, -0.2) is 37.5 Å². The molecule has 0 unspecified atom stereocenters. The highest BCUT2D eigenvalue weighted by molar-refractivity contribution is 7.12. The SMILES string of the molecule is CN(C)C(=O)CCCOC(=O)c1sccc1N. The van der Waals surface area contributed by atoms with Crippen LogP contribution in [-0.2, 0) is 9.53 Å². The van der Waals surface area contributed by atoms with Crippen molar-refractivity contribution in [2.24, 2.45) is 0 Å². The molecule has 2 N–H and O–H groups in total. The monoisotopic (exact) mass is 256 g/mol. The maximum atomic E-state index is 11.5. The highest BCUT2D eigenvalue weighted by Gasteiger charge is 2.12. The number of hydrogen-bond acceptors (Lipinski definition) is 5. The summed E-state index contributed by atoms with van der Waals surface area (Å²) in [4.78, 5) is 24.7. The van der Waals surface area contributed by atoms with Gasteiger partial charge in [0.05, 0.1) is 12.3 Å². The lowest BCUT2D eigenvalue weighted by Gasteiger charge is -2.09. The molecule has 0 aliphatic rings. The molecule has 0 saturated carbocycles. The summed E-state index contributed by atoms with van der Waals surface area (Å²) in [7, 11) is 3.39. The van der Waals surface area contributed by atoms with E-state index in [0.29, 0.717) is 23.4 Å². The number of esters is 1. The second-order valence-electron chi connectivity index (χ2n) is 3.73. The average molecular weight is 256 g/mol. The van der Waals surface area contributed by atoms with Crippen molar-refractivity contribution in [3.8, 4) is 0 Å². The highest BCUT2D eigenvalue weighted by atomic mass is 32.1. The summed E-state index contributed by atoms with van der Waals surface area (Å²) in [5, 5.41) is 1.74. The molecular formula is C11H16N2O3S. The minimum absolute atomic E-state index is 0.0247. The third-order valence-corrected chi connectivity index (χ3v) is 3.06. The molecule has 1 heterocycles. The molecule has 0 aromatic carbocycles. The van der Waals surface area contributed by atoms with Crippen molar-refractivity contribution in [1.29, 1.82) is 0 Å². The fraction of sp³-hybridized carbons (Fsp3) is 0.455. The second-order valence-corrected chi connectivity index (χ2v) is 4.65. The average Bonchev–Trinajstić information content (AvgIpc) is 2.70. The van der Waals surface area contributed by atoms with Crippen LogP contribution in [0.15, 0.2) is 11.4 Å². The van der Waals surface area contributed by atoms with E-state index in [4.69, 9.17) is 10.5 Å². The van der Waals surface area contributed by atoms with E-state index in [-0.39, 0.29) is 12.5 Å². The minimum atomic E-state index is -0.421. The molecule has 0 bridgehead atoms. The van der Waals surface area contributed by atoms with Crippen LogP contribution in [0.25, 0.3) is 0 Å². The van der Waals surface area contributed by atoms with Gasteiger partial charge in [0.2, 0.25) is 5.91 Å². The van der Waals surface area contributed by atoms with Crippen molar-refractivity contribution in [1.82, 2.24) is 4.90 Å². The molecule has 0 saturated heterocycles. The van der Waals surface area contributed by atoms with Gasteiger partial charge in [-0.1, -0.05) is 0 Å². The van der Waals surface area contributed by atoms with Crippen molar-refractivity contribution < 1.29 is 14.3 Å². The van der Waals surface area contributed by atoms with Crippen LogP contribution in [0.2, 0.25) is 0 Å². The molecule has 0 fully saturated rings. The van der Waals surface area contributed by atoms with Gasteiger partial charge in [-0.15, -0.1) is 11.3 Å². The number of ether oxygens (including phenoxy) is 1. The van der Waals surface area contributed by atoms with Crippen LogP contribution >= 0.6 is 11.3 Å². The van der Waals surface area contributed by atoms with Crippen LogP contribution in [0.4, 0.5) is 5.69 Å². The van der Waals surface area contributed by atoms with Crippen molar-refractivity contribution in [3.05, 3.63) is 16.3 Å². The molecule has 1 aromatic rings. The Labute approximate surface area is 104 Å². The Morgan fingerprint density at radius 1 is 1.47 bits per heavy atom. The van der Waals surface area contributed by atoms with E-state index in [9.17, 15) is 9.59 Å². The van der Waals surface area contributed by atoms with E-state index in [2.05, 4.69) is 0 Å². The first-order chi connectivity index (χ1) is 8.02. The maximum Gasteiger partial charge on any atom is 0.350 e. The van der Waals surface area contributed by atoms with Crippen LogP contribution in [0.1, 0.15) is 22.5 Å². The van der Waals surface area contributed by atoms with E-state index < -0.39 is 5.97 Å². The van der Waals surface area contributed by atoms with Crippen LogP contribution in [0.3, 0.4) is 0 Å². The van der Waals surface area contributed by atoms with E-state index in [0.717, 1.165) is 0 Å². The second kappa shape index (κ2) is 6.24. The molecule has 0 atom stereocenters. The number of hydrogen-bond donors (Lipinski definition) is 1. The molecule has 6 heteroatoms. The van der Waals surface area contributed by atoms with Gasteiger partial charge in [0.1, 0.15) is 4.88 Å². The summed E-state index contributed by atoms with van der Waals surface area (Å²) < 4.78 is 5.02. The molecule has 94 valence electrons. The van der Waals surface area contributed by atoms with Crippen LogP contribution < -0.4 is 5.73 Å². The summed E-state index contributed by atoms with van der Waals surface area (Å²) in [6.07, 6.45) is 0.897. The summed E-state index contributed by atoms with van der Waals surface area (Å²) in [5.74, 6) is -0.397. The number of rotatable bonds is 5. The Bertz CT molecular complexity index is 401. The van der Waals surface area contributed by atoms with Gasteiger partial charge in [0.25, 0.3) is 0 Å². The van der Waals surface area contributed by atoms with Gasteiger partial charge in [-0.25, -0.2) is 4.79 Å². The van der Waals surface area contributed by atoms with Gasteiger partial charge < -0.3 is 15.4 Å². The fourth-order valence-electron chi connectivity index (χ4n) is 1.16. The first-order valence-electron chi connectivity index (χ1n) is 5.22. The zero-order valence-corrected chi connectivity index (χ0v) is 10.8. The van der Waals surface area contributed by atoms with E-state index >= 15 is 0 Å². The number of nitrogen functional groups attached to an aromatic ring is 1. The zero-order valence-electron chi connectivity index (χ0n) is 9.93. The van der Waals surface area contributed by atoms with Crippen molar-refractivity contribution in [2.45, 2.75) is 12.8 Å². The van der Waals surface area contributed by atoms with Crippen molar-refractivity contribution >= 4 is 28.9 Å². The third-order valence-electron chi connectivity index (χ3n) is 2.15. The Balaban J connectivity index is 2.26. The number of thiophene rings is 1. The number of carbonyl (C=O) groups excluding carboxylic acids is 2. The van der Waals surface area contributed by atoms with Gasteiger partial charge >= 0.3 is 5.97 Å². The summed E-state index contributed by atoms with van der Waals surface area (Å²) in [6, 6.07) is 1.66. The first-order valence-corrected chi connectivity index (χ1v) is 6.10. The molecule has 0 aliphatic heterocycles. The van der Waals surface area contributed by atoms with Gasteiger partial charge in [0.15, 0.2) is 0 Å². The van der Waals surface area contributed by atoms with Crippen molar-refractivity contribution in [2.75, 3.05) is 26.4 Å². The quantitative estimate of drug-likeness (QED) is 0.637. The largest absolute Gasteiger partial charge is 0.461 e. The van der Waals surface area contributed by atoms with Gasteiger partial charge in [0, 0.05) is 20.5 Å². The molecule has 5 nitrogen and oxygen atoms in total. The Hall–Kier alpha value is -1.56. The normalized spacial score (nSPS) is 10.0.